The summed E-state index contributed by atoms with van der Waals surface area (Å²) >= 11 is 5.87. The molecule has 2 aromatic heterocycles. The van der Waals surface area contributed by atoms with Crippen molar-refractivity contribution in [3.05, 3.63) is 11.5 Å². The molecule has 82 valence electrons. The van der Waals surface area contributed by atoms with E-state index < -0.39 is 0 Å². The number of alkyl halides is 1. The summed E-state index contributed by atoms with van der Waals surface area (Å²) in [5.41, 5.74) is 3.12. The Hall–Kier alpha value is -1.03. The fraction of sp³-hybridized carbons (Fsp3) is 0.600. The summed E-state index contributed by atoms with van der Waals surface area (Å²) in [6.45, 7) is 5.06. The van der Waals surface area contributed by atoms with E-state index in [4.69, 9.17) is 11.6 Å². The molecule has 0 amide bonds. The van der Waals surface area contributed by atoms with Gasteiger partial charge in [-0.2, -0.15) is 5.10 Å². The van der Waals surface area contributed by atoms with E-state index in [1.54, 1.807) is 0 Å². The molecule has 0 aliphatic heterocycles. The quantitative estimate of drug-likeness (QED) is 0.752. The van der Waals surface area contributed by atoms with Crippen molar-refractivity contribution in [3.8, 4) is 0 Å². The predicted molar refractivity (Wildman–Crippen MR) is 61.1 cm³/mol. The third kappa shape index (κ3) is 1.44. The molecular formula is C10H15ClN4. The van der Waals surface area contributed by atoms with Crippen molar-refractivity contribution in [1.82, 2.24) is 19.3 Å². The highest BCUT2D eigenvalue weighted by atomic mass is 35.5. The number of halogens is 1. The number of rotatable bonds is 3. The zero-order chi connectivity index (χ0) is 11.0. The average molecular weight is 227 g/mol. The number of aromatic nitrogens is 4. The topological polar surface area (TPSA) is 35.6 Å². The third-order valence-corrected chi connectivity index (χ3v) is 2.88. The first-order valence-corrected chi connectivity index (χ1v) is 5.73. The minimum atomic E-state index is 0.450. The maximum Gasteiger partial charge on any atom is 0.158 e. The van der Waals surface area contributed by atoms with Gasteiger partial charge in [-0.1, -0.05) is 6.92 Å². The Morgan fingerprint density at radius 3 is 2.60 bits per heavy atom. The van der Waals surface area contributed by atoms with Gasteiger partial charge in [-0.25, -0.2) is 4.98 Å². The Morgan fingerprint density at radius 2 is 2.07 bits per heavy atom. The van der Waals surface area contributed by atoms with E-state index >= 15 is 0 Å². The van der Waals surface area contributed by atoms with Crippen molar-refractivity contribution in [2.24, 2.45) is 7.05 Å². The van der Waals surface area contributed by atoms with Crippen LogP contribution < -0.4 is 0 Å². The zero-order valence-corrected chi connectivity index (χ0v) is 10.0. The monoisotopic (exact) mass is 226 g/mol. The van der Waals surface area contributed by atoms with Crippen molar-refractivity contribution in [2.75, 3.05) is 0 Å². The van der Waals surface area contributed by atoms with Crippen LogP contribution in [0.5, 0.6) is 0 Å². The lowest BCUT2D eigenvalue weighted by Gasteiger charge is -2.03. The van der Waals surface area contributed by atoms with E-state index in [-0.39, 0.29) is 0 Å². The van der Waals surface area contributed by atoms with Crippen molar-refractivity contribution >= 4 is 22.8 Å². The van der Waals surface area contributed by atoms with Gasteiger partial charge >= 0.3 is 0 Å². The Balaban J connectivity index is 2.77. The summed E-state index contributed by atoms with van der Waals surface area (Å²) in [5, 5.41) is 4.44. The van der Waals surface area contributed by atoms with Crippen LogP contribution in [-0.4, -0.2) is 19.3 Å². The van der Waals surface area contributed by atoms with Crippen LogP contribution in [0.4, 0.5) is 0 Å². The zero-order valence-electron chi connectivity index (χ0n) is 9.29. The second kappa shape index (κ2) is 3.85. The van der Waals surface area contributed by atoms with Crippen molar-refractivity contribution in [1.29, 1.82) is 0 Å². The molecule has 0 unspecified atom stereocenters. The number of hydrogen-bond donors (Lipinski definition) is 0. The first-order valence-electron chi connectivity index (χ1n) is 5.19. The minimum absolute atomic E-state index is 0.450. The molecule has 0 aliphatic carbocycles. The van der Waals surface area contributed by atoms with E-state index in [0.717, 1.165) is 35.6 Å². The van der Waals surface area contributed by atoms with Crippen LogP contribution >= 0.6 is 11.6 Å². The van der Waals surface area contributed by atoms with Gasteiger partial charge in [-0.05, 0) is 13.3 Å². The Morgan fingerprint density at radius 1 is 1.33 bits per heavy atom. The van der Waals surface area contributed by atoms with Crippen molar-refractivity contribution in [3.63, 3.8) is 0 Å². The first kappa shape index (κ1) is 10.5. The highest BCUT2D eigenvalue weighted by Gasteiger charge is 2.16. The second-order valence-electron chi connectivity index (χ2n) is 3.50. The molecule has 0 bridgehead atoms. The van der Waals surface area contributed by atoms with Gasteiger partial charge < -0.3 is 4.57 Å². The normalized spacial score (nSPS) is 11.5. The van der Waals surface area contributed by atoms with E-state index in [2.05, 4.69) is 28.5 Å². The van der Waals surface area contributed by atoms with E-state index in [9.17, 15) is 0 Å². The first-order chi connectivity index (χ1) is 7.22. The Bertz CT molecular complexity index is 483. The lowest BCUT2D eigenvalue weighted by atomic mass is 10.3. The second-order valence-corrected chi connectivity index (χ2v) is 3.77. The van der Waals surface area contributed by atoms with Gasteiger partial charge in [0.1, 0.15) is 11.3 Å². The summed E-state index contributed by atoms with van der Waals surface area (Å²) in [5.74, 6) is 1.38. The van der Waals surface area contributed by atoms with Crippen LogP contribution in [0.25, 0.3) is 11.2 Å². The number of fused-ring (bicyclic) bond motifs is 1. The predicted octanol–water partition coefficient (Wildman–Crippen LogP) is 2.09. The number of nitrogens with zero attached hydrogens (tertiary/aromatic N) is 4. The van der Waals surface area contributed by atoms with E-state index in [1.807, 2.05) is 11.7 Å². The molecule has 2 aromatic rings. The molecule has 0 fully saturated rings. The molecule has 0 saturated carbocycles. The van der Waals surface area contributed by atoms with Crippen molar-refractivity contribution < 1.29 is 0 Å². The largest absolute Gasteiger partial charge is 0.312 e. The molecule has 0 aliphatic rings. The SMILES string of the molecule is CCc1nn(C)c2c1nc(CCl)n2CC. The molecule has 0 spiro atoms. The van der Waals surface area contributed by atoms with Crippen LogP contribution in [0.1, 0.15) is 25.4 Å². The Labute approximate surface area is 93.9 Å². The molecule has 5 heteroatoms. The van der Waals surface area contributed by atoms with Crippen LogP contribution in [0.15, 0.2) is 0 Å². The molecule has 2 heterocycles. The highest BCUT2D eigenvalue weighted by molar-refractivity contribution is 6.16. The third-order valence-electron chi connectivity index (χ3n) is 2.64. The van der Waals surface area contributed by atoms with Gasteiger partial charge in [-0.3, -0.25) is 4.68 Å². The fourth-order valence-electron chi connectivity index (χ4n) is 1.96. The average Bonchev–Trinajstić information content (AvgIpc) is 2.75. The number of imidazole rings is 1. The van der Waals surface area contributed by atoms with Crippen LogP contribution in [0.3, 0.4) is 0 Å². The van der Waals surface area contributed by atoms with Gasteiger partial charge in [0, 0.05) is 13.6 Å². The molecular weight excluding hydrogens is 212 g/mol. The number of hydrogen-bond acceptors (Lipinski definition) is 2. The summed E-state index contributed by atoms with van der Waals surface area (Å²) < 4.78 is 4.01. The summed E-state index contributed by atoms with van der Waals surface area (Å²) in [4.78, 5) is 4.54. The van der Waals surface area contributed by atoms with E-state index in [0.29, 0.717) is 5.88 Å². The standard InChI is InChI=1S/C10H15ClN4/c1-4-7-9-10(14(3)13-7)15(5-2)8(6-11)12-9/h4-6H2,1-3H3. The molecule has 4 nitrogen and oxygen atoms in total. The molecule has 15 heavy (non-hydrogen) atoms. The van der Waals surface area contributed by atoms with Gasteiger partial charge in [0.25, 0.3) is 0 Å². The molecule has 2 rings (SSSR count). The van der Waals surface area contributed by atoms with Gasteiger partial charge in [0.2, 0.25) is 0 Å². The van der Waals surface area contributed by atoms with Crippen molar-refractivity contribution in [2.45, 2.75) is 32.7 Å². The van der Waals surface area contributed by atoms with Crippen LogP contribution in [-0.2, 0) is 25.9 Å². The molecule has 0 aromatic carbocycles. The van der Waals surface area contributed by atoms with Gasteiger partial charge in [0.15, 0.2) is 5.65 Å². The summed E-state index contributed by atoms with van der Waals surface area (Å²) in [7, 11) is 1.95. The van der Waals surface area contributed by atoms with Crippen LogP contribution in [0.2, 0.25) is 0 Å². The smallest absolute Gasteiger partial charge is 0.158 e. The lowest BCUT2D eigenvalue weighted by molar-refractivity contribution is 0.683. The maximum absolute atomic E-state index is 5.87. The van der Waals surface area contributed by atoms with Gasteiger partial charge in [-0.15, -0.1) is 11.6 Å². The molecule has 0 radical (unpaired) electrons. The highest BCUT2D eigenvalue weighted by Crippen LogP contribution is 2.20. The lowest BCUT2D eigenvalue weighted by Crippen LogP contribution is -2.04. The molecule has 0 atom stereocenters. The van der Waals surface area contributed by atoms with Crippen LogP contribution in [0, 0.1) is 0 Å². The van der Waals surface area contributed by atoms with E-state index in [1.165, 1.54) is 0 Å². The minimum Gasteiger partial charge on any atom is -0.312 e. The van der Waals surface area contributed by atoms with Gasteiger partial charge in [0.05, 0.1) is 11.6 Å². The molecule has 0 saturated heterocycles. The Kier molecular flexibility index (Phi) is 2.69. The molecule has 0 N–H and O–H groups in total. The fourth-order valence-corrected chi connectivity index (χ4v) is 2.16. The maximum atomic E-state index is 5.87. The summed E-state index contributed by atoms with van der Waals surface area (Å²) in [6, 6.07) is 0. The number of aryl methyl sites for hydroxylation is 3. The summed E-state index contributed by atoms with van der Waals surface area (Å²) in [6.07, 6.45) is 0.903.